The lowest BCUT2D eigenvalue weighted by Gasteiger charge is -2.24. The van der Waals surface area contributed by atoms with E-state index in [2.05, 4.69) is 10.1 Å². The summed E-state index contributed by atoms with van der Waals surface area (Å²) in [6.45, 7) is 1.10. The minimum Gasteiger partial charge on any atom is -0.481 e. The number of carboxylic acid groups (broad SMARTS) is 1. The summed E-state index contributed by atoms with van der Waals surface area (Å²) in [5.74, 6) is -0.855. The minimum atomic E-state index is -0.833. The SMILES string of the molecule is CN(Cc1ncno1)C1COCC1C(=O)O. The maximum absolute atomic E-state index is 11.0. The third-order valence-electron chi connectivity index (χ3n) is 2.73. The molecular weight excluding hydrogens is 214 g/mol. The zero-order valence-electron chi connectivity index (χ0n) is 8.87. The quantitative estimate of drug-likeness (QED) is 0.748. The van der Waals surface area contributed by atoms with Gasteiger partial charge in [0.05, 0.1) is 25.7 Å². The topological polar surface area (TPSA) is 88.7 Å². The molecule has 0 aromatic carbocycles. The van der Waals surface area contributed by atoms with Crippen LogP contribution in [0.3, 0.4) is 0 Å². The molecule has 1 N–H and O–H groups in total. The highest BCUT2D eigenvalue weighted by molar-refractivity contribution is 5.71. The molecule has 0 aliphatic carbocycles. The first-order valence-electron chi connectivity index (χ1n) is 4.95. The summed E-state index contributed by atoms with van der Waals surface area (Å²) >= 11 is 0. The molecule has 2 rings (SSSR count). The van der Waals surface area contributed by atoms with Gasteiger partial charge in [-0.3, -0.25) is 9.69 Å². The number of ether oxygens (including phenoxy) is 1. The van der Waals surface area contributed by atoms with Crippen molar-refractivity contribution in [3.05, 3.63) is 12.2 Å². The second-order valence-electron chi connectivity index (χ2n) is 3.80. The number of hydrogen-bond donors (Lipinski definition) is 1. The number of carboxylic acids is 1. The van der Waals surface area contributed by atoms with Gasteiger partial charge in [-0.1, -0.05) is 5.16 Å². The molecule has 88 valence electrons. The summed E-state index contributed by atoms with van der Waals surface area (Å²) in [5.41, 5.74) is 0. The lowest BCUT2D eigenvalue weighted by molar-refractivity contribution is -0.143. The number of hydrogen-bond acceptors (Lipinski definition) is 6. The first-order chi connectivity index (χ1) is 7.68. The van der Waals surface area contributed by atoms with Crippen LogP contribution in [0, 0.1) is 5.92 Å². The van der Waals surface area contributed by atoms with Crippen molar-refractivity contribution in [3.8, 4) is 0 Å². The van der Waals surface area contributed by atoms with Crippen LogP contribution in [-0.2, 0) is 16.1 Å². The van der Waals surface area contributed by atoms with E-state index in [0.717, 1.165) is 0 Å². The monoisotopic (exact) mass is 227 g/mol. The van der Waals surface area contributed by atoms with E-state index >= 15 is 0 Å². The predicted octanol–water partition coefficient (Wildman–Crippen LogP) is -0.399. The first-order valence-corrected chi connectivity index (χ1v) is 4.95. The highest BCUT2D eigenvalue weighted by atomic mass is 16.5. The standard InChI is InChI=1S/C9H13N3O4/c1-12(2-8-10-5-11-16-8)7-4-15-3-6(7)9(13)14/h5-7H,2-4H2,1H3,(H,13,14). The number of carbonyl (C=O) groups is 1. The molecule has 1 aliphatic rings. The molecule has 16 heavy (non-hydrogen) atoms. The van der Waals surface area contributed by atoms with Crippen molar-refractivity contribution >= 4 is 5.97 Å². The molecule has 1 aliphatic heterocycles. The van der Waals surface area contributed by atoms with Crippen molar-refractivity contribution < 1.29 is 19.2 Å². The van der Waals surface area contributed by atoms with Crippen LogP contribution in [0.2, 0.25) is 0 Å². The highest BCUT2D eigenvalue weighted by Crippen LogP contribution is 2.20. The number of rotatable bonds is 4. The van der Waals surface area contributed by atoms with Gasteiger partial charge in [0.1, 0.15) is 0 Å². The molecule has 7 heteroatoms. The number of nitrogens with zero attached hydrogens (tertiary/aromatic N) is 3. The first kappa shape index (κ1) is 11.0. The summed E-state index contributed by atoms with van der Waals surface area (Å²) in [6, 6.07) is -0.149. The summed E-state index contributed by atoms with van der Waals surface area (Å²) in [5, 5.41) is 12.5. The zero-order chi connectivity index (χ0) is 11.5. The van der Waals surface area contributed by atoms with E-state index in [4.69, 9.17) is 14.4 Å². The molecular formula is C9H13N3O4. The normalized spacial score (nSPS) is 25.1. The molecule has 2 unspecified atom stereocenters. The zero-order valence-corrected chi connectivity index (χ0v) is 8.87. The Morgan fingerprint density at radius 1 is 1.69 bits per heavy atom. The molecule has 2 heterocycles. The van der Waals surface area contributed by atoms with Gasteiger partial charge >= 0.3 is 5.97 Å². The molecule has 1 fully saturated rings. The third kappa shape index (κ3) is 2.20. The van der Waals surface area contributed by atoms with Crippen LogP contribution in [0.1, 0.15) is 5.89 Å². The van der Waals surface area contributed by atoms with E-state index < -0.39 is 11.9 Å². The molecule has 1 saturated heterocycles. The molecule has 0 amide bonds. The average molecular weight is 227 g/mol. The van der Waals surface area contributed by atoms with E-state index in [1.165, 1.54) is 6.33 Å². The van der Waals surface area contributed by atoms with Crippen molar-refractivity contribution in [1.82, 2.24) is 15.0 Å². The summed E-state index contributed by atoms with van der Waals surface area (Å²) in [4.78, 5) is 16.7. The van der Waals surface area contributed by atoms with Gasteiger partial charge in [0.15, 0.2) is 6.33 Å². The van der Waals surface area contributed by atoms with Crippen LogP contribution in [0.25, 0.3) is 0 Å². The fourth-order valence-corrected chi connectivity index (χ4v) is 1.81. The Hall–Kier alpha value is -1.47. The van der Waals surface area contributed by atoms with Crippen LogP contribution < -0.4 is 0 Å². The van der Waals surface area contributed by atoms with E-state index in [0.29, 0.717) is 19.0 Å². The van der Waals surface area contributed by atoms with Crippen LogP contribution >= 0.6 is 0 Å². The van der Waals surface area contributed by atoms with Crippen molar-refractivity contribution in [2.45, 2.75) is 12.6 Å². The van der Waals surface area contributed by atoms with E-state index in [-0.39, 0.29) is 12.6 Å². The summed E-state index contributed by atoms with van der Waals surface area (Å²) in [6.07, 6.45) is 1.32. The minimum absolute atomic E-state index is 0.149. The second-order valence-corrected chi connectivity index (χ2v) is 3.80. The van der Waals surface area contributed by atoms with E-state index in [1.807, 2.05) is 11.9 Å². The number of aromatic nitrogens is 2. The van der Waals surface area contributed by atoms with Gasteiger partial charge in [0, 0.05) is 6.04 Å². The molecule has 0 saturated carbocycles. The van der Waals surface area contributed by atoms with Crippen molar-refractivity contribution in [2.24, 2.45) is 5.92 Å². The fourth-order valence-electron chi connectivity index (χ4n) is 1.81. The Labute approximate surface area is 92.0 Å². The number of likely N-dealkylation sites (N-methyl/N-ethyl adjacent to an activating group) is 1. The lowest BCUT2D eigenvalue weighted by atomic mass is 10.0. The van der Waals surface area contributed by atoms with Crippen molar-refractivity contribution in [2.75, 3.05) is 20.3 Å². The van der Waals surface area contributed by atoms with Gasteiger partial charge in [0.25, 0.3) is 0 Å². The van der Waals surface area contributed by atoms with Crippen molar-refractivity contribution in [3.63, 3.8) is 0 Å². The fraction of sp³-hybridized carbons (Fsp3) is 0.667. The smallest absolute Gasteiger partial charge is 0.310 e. The van der Waals surface area contributed by atoms with Crippen LogP contribution in [0.5, 0.6) is 0 Å². The Balaban J connectivity index is 1.98. The highest BCUT2D eigenvalue weighted by Gasteiger charge is 2.36. The Morgan fingerprint density at radius 2 is 2.50 bits per heavy atom. The molecule has 7 nitrogen and oxygen atoms in total. The average Bonchev–Trinajstić information content (AvgIpc) is 2.86. The molecule has 1 aromatic heterocycles. The molecule has 0 radical (unpaired) electrons. The van der Waals surface area contributed by atoms with Gasteiger partial charge in [-0.2, -0.15) is 4.98 Å². The third-order valence-corrected chi connectivity index (χ3v) is 2.73. The molecule has 0 spiro atoms. The lowest BCUT2D eigenvalue weighted by Crippen LogP contribution is -2.40. The predicted molar refractivity (Wildman–Crippen MR) is 51.5 cm³/mol. The van der Waals surface area contributed by atoms with Crippen LogP contribution in [0.15, 0.2) is 10.9 Å². The van der Waals surface area contributed by atoms with Crippen LogP contribution in [-0.4, -0.2) is 52.4 Å². The molecule has 0 bridgehead atoms. The van der Waals surface area contributed by atoms with E-state index in [1.54, 1.807) is 0 Å². The molecule has 2 atom stereocenters. The largest absolute Gasteiger partial charge is 0.481 e. The summed E-state index contributed by atoms with van der Waals surface area (Å²) < 4.78 is 10.1. The number of aliphatic carboxylic acids is 1. The van der Waals surface area contributed by atoms with E-state index in [9.17, 15) is 4.79 Å². The van der Waals surface area contributed by atoms with Gasteiger partial charge in [-0.05, 0) is 7.05 Å². The van der Waals surface area contributed by atoms with Gasteiger partial charge < -0.3 is 14.4 Å². The summed E-state index contributed by atoms with van der Waals surface area (Å²) in [7, 11) is 1.82. The Bertz CT molecular complexity index is 354. The van der Waals surface area contributed by atoms with Gasteiger partial charge in [-0.25, -0.2) is 0 Å². The van der Waals surface area contributed by atoms with Gasteiger partial charge in [-0.15, -0.1) is 0 Å². The maximum atomic E-state index is 11.0. The molecule has 1 aromatic rings. The maximum Gasteiger partial charge on any atom is 0.310 e. The Kier molecular flexibility index (Phi) is 3.16. The Morgan fingerprint density at radius 3 is 3.12 bits per heavy atom. The second kappa shape index (κ2) is 4.58. The van der Waals surface area contributed by atoms with Gasteiger partial charge in [0.2, 0.25) is 5.89 Å². The van der Waals surface area contributed by atoms with Crippen LogP contribution in [0.4, 0.5) is 0 Å². The van der Waals surface area contributed by atoms with Crippen molar-refractivity contribution in [1.29, 1.82) is 0 Å².